The van der Waals surface area contributed by atoms with Gasteiger partial charge in [-0.05, 0) is 24.9 Å². The van der Waals surface area contributed by atoms with E-state index < -0.39 is 0 Å². The monoisotopic (exact) mass is 218 g/mol. The van der Waals surface area contributed by atoms with E-state index in [4.69, 9.17) is 17.3 Å². The van der Waals surface area contributed by atoms with Crippen LogP contribution in [0, 0.1) is 5.41 Å². The van der Waals surface area contributed by atoms with Gasteiger partial charge in [0.15, 0.2) is 0 Å². The van der Waals surface area contributed by atoms with Crippen LogP contribution in [0.5, 0.6) is 0 Å². The van der Waals surface area contributed by atoms with Crippen LogP contribution in [-0.4, -0.2) is 31.1 Å². The summed E-state index contributed by atoms with van der Waals surface area (Å²) in [5.74, 6) is 0. The summed E-state index contributed by atoms with van der Waals surface area (Å²) >= 11 is 5.81. The Labute approximate surface area is 93.1 Å². The molecule has 0 aliphatic rings. The predicted octanol–water partition coefficient (Wildman–Crippen LogP) is 2.44. The van der Waals surface area contributed by atoms with E-state index >= 15 is 0 Å². The molecule has 0 aromatic carbocycles. The van der Waals surface area contributed by atoms with Gasteiger partial charge in [0.2, 0.25) is 0 Å². The topological polar surface area (TPSA) is 29.3 Å². The third-order valence-corrected chi connectivity index (χ3v) is 2.26. The third kappa shape index (κ3) is 6.41. The molecule has 2 N–H and O–H groups in total. The minimum atomic E-state index is 0.154. The minimum absolute atomic E-state index is 0.154. The smallest absolute Gasteiger partial charge is 0.0335 e. The second-order valence-corrected chi connectivity index (χ2v) is 5.13. The maximum Gasteiger partial charge on any atom is 0.0335 e. The third-order valence-electron chi connectivity index (χ3n) is 2.14. The van der Waals surface area contributed by atoms with Crippen molar-refractivity contribution < 1.29 is 0 Å². The number of halogens is 1. The Balaban J connectivity index is 4.14. The molecule has 0 atom stereocenters. The number of hydrogen-bond acceptors (Lipinski definition) is 2. The van der Waals surface area contributed by atoms with Gasteiger partial charge in [-0.1, -0.05) is 39.0 Å². The van der Waals surface area contributed by atoms with E-state index in [1.165, 1.54) is 0 Å². The molecular weight excluding hydrogens is 196 g/mol. The highest BCUT2D eigenvalue weighted by Gasteiger charge is 2.19. The average Bonchev–Trinajstić information content (AvgIpc) is 2.03. The second-order valence-electron chi connectivity index (χ2n) is 4.60. The molecular formula is C11H23ClN2. The van der Waals surface area contributed by atoms with Crippen LogP contribution in [0.1, 0.15) is 27.2 Å². The Morgan fingerprint density at radius 1 is 1.50 bits per heavy atom. The second kappa shape index (κ2) is 6.44. The molecule has 0 aliphatic carbocycles. The van der Waals surface area contributed by atoms with Gasteiger partial charge < -0.3 is 5.73 Å². The maximum atomic E-state index is 5.81. The highest BCUT2D eigenvalue weighted by atomic mass is 35.5. The molecule has 0 aliphatic heterocycles. The van der Waals surface area contributed by atoms with E-state index in [1.807, 2.05) is 0 Å². The van der Waals surface area contributed by atoms with Crippen molar-refractivity contribution in [3.63, 3.8) is 0 Å². The summed E-state index contributed by atoms with van der Waals surface area (Å²) in [6.07, 6.45) is 1.13. The summed E-state index contributed by atoms with van der Waals surface area (Å²) in [4.78, 5) is 2.31. The molecule has 0 spiro atoms. The van der Waals surface area contributed by atoms with E-state index in [0.717, 1.165) is 26.1 Å². The fourth-order valence-corrected chi connectivity index (χ4v) is 1.61. The molecule has 2 nitrogen and oxygen atoms in total. The van der Waals surface area contributed by atoms with Crippen LogP contribution in [0.3, 0.4) is 0 Å². The lowest BCUT2D eigenvalue weighted by Gasteiger charge is -2.31. The quantitative estimate of drug-likeness (QED) is 0.712. The van der Waals surface area contributed by atoms with E-state index in [9.17, 15) is 0 Å². The normalized spacial score (nSPS) is 12.1. The standard InChI is InChI=1S/C11H23ClN2/c1-5-6-14(7-10(2)12)9-11(3,4)8-13/h2,5-9,13H2,1,3-4H3. The van der Waals surface area contributed by atoms with Crippen molar-refractivity contribution in [2.45, 2.75) is 27.2 Å². The molecule has 14 heavy (non-hydrogen) atoms. The van der Waals surface area contributed by atoms with Crippen molar-refractivity contribution in [3.8, 4) is 0 Å². The summed E-state index contributed by atoms with van der Waals surface area (Å²) < 4.78 is 0. The molecule has 0 saturated carbocycles. The van der Waals surface area contributed by atoms with Crippen LogP contribution >= 0.6 is 11.6 Å². The van der Waals surface area contributed by atoms with Crippen molar-refractivity contribution in [1.29, 1.82) is 0 Å². The molecule has 0 fully saturated rings. The van der Waals surface area contributed by atoms with Crippen LogP contribution in [-0.2, 0) is 0 Å². The average molecular weight is 219 g/mol. The Bertz CT molecular complexity index is 178. The number of hydrogen-bond donors (Lipinski definition) is 1. The fourth-order valence-electron chi connectivity index (χ4n) is 1.44. The number of nitrogens with two attached hydrogens (primary N) is 1. The van der Waals surface area contributed by atoms with Crippen LogP contribution in [0.4, 0.5) is 0 Å². The molecule has 84 valence electrons. The van der Waals surface area contributed by atoms with Crippen molar-refractivity contribution in [1.82, 2.24) is 4.90 Å². The summed E-state index contributed by atoms with van der Waals surface area (Å²) in [5.41, 5.74) is 5.85. The molecule has 0 unspecified atom stereocenters. The van der Waals surface area contributed by atoms with Gasteiger partial charge in [0.05, 0.1) is 0 Å². The van der Waals surface area contributed by atoms with Crippen molar-refractivity contribution in [2.24, 2.45) is 11.1 Å². The maximum absolute atomic E-state index is 5.81. The Kier molecular flexibility index (Phi) is 6.41. The first-order chi connectivity index (χ1) is 6.41. The van der Waals surface area contributed by atoms with Crippen LogP contribution in [0.25, 0.3) is 0 Å². The predicted molar refractivity (Wildman–Crippen MR) is 64.6 cm³/mol. The molecule has 0 heterocycles. The fraction of sp³-hybridized carbons (Fsp3) is 0.818. The van der Waals surface area contributed by atoms with Crippen LogP contribution in [0.2, 0.25) is 0 Å². The van der Waals surface area contributed by atoms with Gasteiger partial charge in [-0.25, -0.2) is 0 Å². The first-order valence-corrected chi connectivity index (χ1v) is 5.55. The molecule has 3 heteroatoms. The minimum Gasteiger partial charge on any atom is -0.330 e. The van der Waals surface area contributed by atoms with E-state index in [-0.39, 0.29) is 5.41 Å². The molecule has 0 radical (unpaired) electrons. The lowest BCUT2D eigenvalue weighted by Crippen LogP contribution is -2.39. The molecule has 0 aromatic rings. The molecule has 0 aromatic heterocycles. The van der Waals surface area contributed by atoms with Crippen LogP contribution in [0.15, 0.2) is 11.6 Å². The Morgan fingerprint density at radius 2 is 2.07 bits per heavy atom. The molecule has 0 bridgehead atoms. The molecule has 0 rings (SSSR count). The highest BCUT2D eigenvalue weighted by Crippen LogP contribution is 2.16. The summed E-state index contributed by atoms with van der Waals surface area (Å²) in [6.45, 7) is 13.7. The van der Waals surface area contributed by atoms with Gasteiger partial charge in [-0.2, -0.15) is 0 Å². The zero-order chi connectivity index (χ0) is 11.2. The zero-order valence-electron chi connectivity index (χ0n) is 9.65. The van der Waals surface area contributed by atoms with Crippen LogP contribution < -0.4 is 5.73 Å². The first-order valence-electron chi connectivity index (χ1n) is 5.17. The summed E-state index contributed by atoms with van der Waals surface area (Å²) in [6, 6.07) is 0. The SMILES string of the molecule is C=C(Cl)CN(CCC)CC(C)(C)CN. The number of nitrogens with zero attached hydrogens (tertiary/aromatic N) is 1. The summed E-state index contributed by atoms with van der Waals surface area (Å²) in [7, 11) is 0. The van der Waals surface area contributed by atoms with Gasteiger partial charge >= 0.3 is 0 Å². The highest BCUT2D eigenvalue weighted by molar-refractivity contribution is 6.29. The molecule has 0 amide bonds. The van der Waals surface area contributed by atoms with Crippen molar-refractivity contribution in [3.05, 3.63) is 11.6 Å². The van der Waals surface area contributed by atoms with E-state index in [1.54, 1.807) is 0 Å². The lowest BCUT2D eigenvalue weighted by atomic mass is 9.93. The van der Waals surface area contributed by atoms with Gasteiger partial charge in [0.1, 0.15) is 0 Å². The lowest BCUT2D eigenvalue weighted by molar-refractivity contribution is 0.197. The molecule has 0 saturated heterocycles. The zero-order valence-corrected chi connectivity index (χ0v) is 10.4. The van der Waals surface area contributed by atoms with E-state index in [2.05, 4.69) is 32.3 Å². The Hall–Kier alpha value is -0.0500. The van der Waals surface area contributed by atoms with Crippen molar-refractivity contribution >= 4 is 11.6 Å². The largest absolute Gasteiger partial charge is 0.330 e. The van der Waals surface area contributed by atoms with E-state index in [0.29, 0.717) is 11.6 Å². The number of rotatable bonds is 7. The van der Waals surface area contributed by atoms with Gasteiger partial charge in [-0.3, -0.25) is 4.90 Å². The first kappa shape index (κ1) is 13.9. The summed E-state index contributed by atoms with van der Waals surface area (Å²) in [5, 5.41) is 0.700. The van der Waals surface area contributed by atoms with Crippen molar-refractivity contribution in [2.75, 3.05) is 26.2 Å². The van der Waals surface area contributed by atoms with Gasteiger partial charge in [0, 0.05) is 18.1 Å². The van der Waals surface area contributed by atoms with Gasteiger partial charge in [0.25, 0.3) is 0 Å². The Morgan fingerprint density at radius 3 is 2.43 bits per heavy atom. The van der Waals surface area contributed by atoms with Gasteiger partial charge in [-0.15, -0.1) is 0 Å².